The maximum atomic E-state index is 3.38. The van der Waals surface area contributed by atoms with Gasteiger partial charge in [0.1, 0.15) is 0 Å². The third kappa shape index (κ3) is 4.45. The Hall–Kier alpha value is -0.0400. The van der Waals surface area contributed by atoms with E-state index in [0.29, 0.717) is 5.41 Å². The molecule has 0 bridgehead atoms. The second-order valence-corrected chi connectivity index (χ2v) is 5.20. The lowest BCUT2D eigenvalue weighted by Gasteiger charge is -2.36. The van der Waals surface area contributed by atoms with Gasteiger partial charge >= 0.3 is 0 Å². The van der Waals surface area contributed by atoms with Crippen molar-refractivity contribution >= 4 is 0 Å². The summed E-state index contributed by atoms with van der Waals surface area (Å²) in [6.07, 6.45) is 5.57. The van der Waals surface area contributed by atoms with Gasteiger partial charge in [0.25, 0.3) is 0 Å². The van der Waals surface area contributed by atoms with Crippen molar-refractivity contribution in [3.05, 3.63) is 0 Å². The molecule has 1 rings (SSSR count). The molecule has 1 aliphatic rings. The Kier molecular flexibility index (Phi) is 6.43. The number of rotatable bonds is 1. The molecule has 0 aromatic carbocycles. The van der Waals surface area contributed by atoms with Gasteiger partial charge in [0.15, 0.2) is 0 Å². The quantitative estimate of drug-likeness (QED) is 0.676. The van der Waals surface area contributed by atoms with Crippen molar-refractivity contribution in [3.8, 4) is 0 Å². The molecule has 0 atom stereocenters. The van der Waals surface area contributed by atoms with E-state index < -0.39 is 0 Å². The molecule has 0 amide bonds. The van der Waals surface area contributed by atoms with Crippen LogP contribution in [0.25, 0.3) is 0 Å². The van der Waals surface area contributed by atoms with E-state index >= 15 is 0 Å². The second kappa shape index (κ2) is 6.44. The van der Waals surface area contributed by atoms with E-state index in [2.05, 4.69) is 33.1 Å². The van der Waals surface area contributed by atoms with Crippen molar-refractivity contribution in [2.75, 3.05) is 7.05 Å². The van der Waals surface area contributed by atoms with Crippen LogP contribution in [0.1, 0.15) is 60.3 Å². The van der Waals surface area contributed by atoms with Crippen molar-refractivity contribution in [1.29, 1.82) is 0 Å². The Balaban J connectivity index is 0.000000791. The van der Waals surface area contributed by atoms with E-state index in [-0.39, 0.29) is 0 Å². The van der Waals surface area contributed by atoms with E-state index in [1.54, 1.807) is 0 Å². The third-order valence-electron chi connectivity index (χ3n) is 3.36. The highest BCUT2D eigenvalue weighted by Gasteiger charge is 2.28. The lowest BCUT2D eigenvalue weighted by atomic mass is 9.71. The zero-order chi connectivity index (χ0) is 11.2. The molecule has 1 aliphatic carbocycles. The summed E-state index contributed by atoms with van der Waals surface area (Å²) in [4.78, 5) is 0. The first kappa shape index (κ1) is 14.0. The summed E-state index contributed by atoms with van der Waals surface area (Å²) in [6, 6.07) is 0.795. The van der Waals surface area contributed by atoms with Gasteiger partial charge in [-0.1, -0.05) is 34.6 Å². The van der Waals surface area contributed by atoms with Gasteiger partial charge in [-0.25, -0.2) is 0 Å². The summed E-state index contributed by atoms with van der Waals surface area (Å²) < 4.78 is 0. The average molecular weight is 199 g/mol. The van der Waals surface area contributed by atoms with Crippen LogP contribution in [0.15, 0.2) is 0 Å². The molecule has 0 unspecified atom stereocenters. The minimum absolute atomic E-state index is 0.526. The van der Waals surface area contributed by atoms with Gasteiger partial charge in [-0.05, 0) is 44.1 Å². The predicted octanol–water partition coefficient (Wildman–Crippen LogP) is 3.84. The van der Waals surface area contributed by atoms with Gasteiger partial charge in [0.05, 0.1) is 0 Å². The normalized spacial score (nSPS) is 27.9. The Morgan fingerprint density at radius 3 is 1.64 bits per heavy atom. The monoisotopic (exact) mass is 199 g/mol. The predicted molar refractivity (Wildman–Crippen MR) is 65.6 cm³/mol. The fourth-order valence-corrected chi connectivity index (χ4v) is 2.25. The smallest absolute Gasteiger partial charge is 0.00642 e. The molecule has 0 saturated heterocycles. The minimum Gasteiger partial charge on any atom is -0.317 e. The molecule has 1 N–H and O–H groups in total. The van der Waals surface area contributed by atoms with Crippen LogP contribution in [0.4, 0.5) is 0 Å². The van der Waals surface area contributed by atoms with Crippen LogP contribution in [-0.2, 0) is 0 Å². The van der Waals surface area contributed by atoms with Crippen molar-refractivity contribution in [1.82, 2.24) is 5.32 Å². The minimum atomic E-state index is 0.526. The Bertz CT molecular complexity index is 127. The maximum Gasteiger partial charge on any atom is 0.00642 e. The standard InChI is InChI=1S/C11H23N.C2H6/c1-11(2,3)9-5-7-10(12-4)8-6-9;1-2/h9-10,12H,5-8H2,1-4H3;1-2H3. The summed E-state index contributed by atoms with van der Waals surface area (Å²) in [6.45, 7) is 11.1. The van der Waals surface area contributed by atoms with Gasteiger partial charge in [-0.3, -0.25) is 0 Å². The van der Waals surface area contributed by atoms with Crippen LogP contribution in [0, 0.1) is 11.3 Å². The SMILES string of the molecule is CC.CNC1CCC(C(C)(C)C)CC1. The highest BCUT2D eigenvalue weighted by Crippen LogP contribution is 2.37. The van der Waals surface area contributed by atoms with Crippen molar-refractivity contribution in [3.63, 3.8) is 0 Å². The fourth-order valence-electron chi connectivity index (χ4n) is 2.25. The van der Waals surface area contributed by atoms with E-state index in [4.69, 9.17) is 0 Å². The van der Waals surface area contributed by atoms with E-state index in [0.717, 1.165) is 12.0 Å². The lowest BCUT2D eigenvalue weighted by molar-refractivity contribution is 0.162. The molecule has 1 fully saturated rings. The fraction of sp³-hybridized carbons (Fsp3) is 1.00. The van der Waals surface area contributed by atoms with Gasteiger partial charge in [0.2, 0.25) is 0 Å². The Morgan fingerprint density at radius 1 is 0.929 bits per heavy atom. The second-order valence-electron chi connectivity index (χ2n) is 5.20. The van der Waals surface area contributed by atoms with E-state index in [1.165, 1.54) is 25.7 Å². The molecule has 0 radical (unpaired) electrons. The largest absolute Gasteiger partial charge is 0.317 e. The first-order chi connectivity index (χ1) is 6.54. The molecular formula is C13H29N. The zero-order valence-corrected chi connectivity index (χ0v) is 11.0. The number of hydrogen-bond donors (Lipinski definition) is 1. The van der Waals surface area contributed by atoms with Crippen LogP contribution < -0.4 is 5.32 Å². The summed E-state index contributed by atoms with van der Waals surface area (Å²) in [5.41, 5.74) is 0.526. The lowest BCUT2D eigenvalue weighted by Crippen LogP contribution is -2.34. The number of nitrogens with one attached hydrogen (secondary N) is 1. The molecular weight excluding hydrogens is 170 g/mol. The van der Waals surface area contributed by atoms with Crippen molar-refractivity contribution in [2.45, 2.75) is 66.3 Å². The van der Waals surface area contributed by atoms with Crippen molar-refractivity contribution < 1.29 is 0 Å². The van der Waals surface area contributed by atoms with Gasteiger partial charge in [-0.2, -0.15) is 0 Å². The van der Waals surface area contributed by atoms with Crippen LogP contribution in [-0.4, -0.2) is 13.1 Å². The van der Waals surface area contributed by atoms with E-state index in [1.807, 2.05) is 13.8 Å². The van der Waals surface area contributed by atoms with E-state index in [9.17, 15) is 0 Å². The highest BCUT2D eigenvalue weighted by molar-refractivity contribution is 4.82. The first-order valence-corrected chi connectivity index (χ1v) is 6.21. The third-order valence-corrected chi connectivity index (χ3v) is 3.36. The summed E-state index contributed by atoms with van der Waals surface area (Å²) in [7, 11) is 2.09. The van der Waals surface area contributed by atoms with Crippen LogP contribution >= 0.6 is 0 Å². The van der Waals surface area contributed by atoms with Crippen LogP contribution in [0.2, 0.25) is 0 Å². The molecule has 0 aliphatic heterocycles. The summed E-state index contributed by atoms with van der Waals surface area (Å²) >= 11 is 0. The highest BCUT2D eigenvalue weighted by atomic mass is 14.9. The molecule has 0 aromatic heterocycles. The van der Waals surface area contributed by atoms with Crippen molar-refractivity contribution in [2.24, 2.45) is 11.3 Å². The molecule has 86 valence electrons. The Labute approximate surface area is 90.7 Å². The maximum absolute atomic E-state index is 3.38. The Morgan fingerprint density at radius 2 is 1.36 bits per heavy atom. The van der Waals surface area contributed by atoms with Crippen LogP contribution in [0.5, 0.6) is 0 Å². The zero-order valence-electron chi connectivity index (χ0n) is 11.0. The molecule has 1 heteroatoms. The topological polar surface area (TPSA) is 12.0 Å². The summed E-state index contributed by atoms with van der Waals surface area (Å²) in [5, 5.41) is 3.38. The molecule has 0 aromatic rings. The molecule has 0 heterocycles. The van der Waals surface area contributed by atoms with Gasteiger partial charge in [0, 0.05) is 6.04 Å². The molecule has 1 saturated carbocycles. The van der Waals surface area contributed by atoms with Gasteiger partial charge < -0.3 is 5.32 Å². The molecule has 1 nitrogen and oxygen atoms in total. The van der Waals surface area contributed by atoms with Gasteiger partial charge in [-0.15, -0.1) is 0 Å². The summed E-state index contributed by atoms with van der Waals surface area (Å²) in [5.74, 6) is 0.946. The molecule has 0 spiro atoms. The average Bonchev–Trinajstić information content (AvgIpc) is 2.20. The first-order valence-electron chi connectivity index (χ1n) is 6.21. The van der Waals surface area contributed by atoms with Crippen LogP contribution in [0.3, 0.4) is 0 Å². The number of hydrogen-bond acceptors (Lipinski definition) is 1. The molecule has 14 heavy (non-hydrogen) atoms.